The number of carbonyl (C=O) groups excluding carboxylic acids is 2. The van der Waals surface area contributed by atoms with E-state index < -0.39 is 11.9 Å². The third-order valence-electron chi connectivity index (χ3n) is 3.78. The molecule has 1 saturated heterocycles. The van der Waals surface area contributed by atoms with Crippen LogP contribution < -0.4 is 10.6 Å². The van der Waals surface area contributed by atoms with Crippen molar-refractivity contribution in [1.29, 1.82) is 0 Å². The molecule has 7 heteroatoms. The van der Waals surface area contributed by atoms with Gasteiger partial charge in [0.15, 0.2) is 0 Å². The molecule has 0 spiro atoms. The minimum absolute atomic E-state index is 0. The predicted octanol–water partition coefficient (Wildman–Crippen LogP) is 1.55. The Bertz CT molecular complexity index is 541. The van der Waals surface area contributed by atoms with Crippen LogP contribution in [0, 0.1) is 5.82 Å². The molecule has 2 rings (SSSR count). The molecule has 1 fully saturated rings. The van der Waals surface area contributed by atoms with Crippen molar-refractivity contribution in [3.05, 3.63) is 30.1 Å². The van der Waals surface area contributed by atoms with Crippen LogP contribution in [-0.4, -0.2) is 42.9 Å². The fourth-order valence-electron chi connectivity index (χ4n) is 2.54. The van der Waals surface area contributed by atoms with E-state index in [4.69, 9.17) is 5.73 Å². The third kappa shape index (κ3) is 3.75. The van der Waals surface area contributed by atoms with E-state index in [9.17, 15) is 14.0 Å². The van der Waals surface area contributed by atoms with Crippen molar-refractivity contribution in [2.24, 2.45) is 5.73 Å². The van der Waals surface area contributed by atoms with E-state index in [0.29, 0.717) is 32.4 Å². The molecule has 122 valence electrons. The second kappa shape index (κ2) is 8.10. The van der Waals surface area contributed by atoms with E-state index in [0.717, 1.165) is 0 Å². The van der Waals surface area contributed by atoms with Gasteiger partial charge in [-0.2, -0.15) is 0 Å². The monoisotopic (exact) mass is 329 g/mol. The van der Waals surface area contributed by atoms with Crippen molar-refractivity contribution < 1.29 is 14.0 Å². The summed E-state index contributed by atoms with van der Waals surface area (Å²) in [7, 11) is 1.62. The van der Waals surface area contributed by atoms with Gasteiger partial charge in [0.25, 0.3) is 0 Å². The number of nitrogens with zero attached hydrogens (tertiary/aromatic N) is 2. The Morgan fingerprint density at radius 3 is 2.77 bits per heavy atom. The molecule has 0 aliphatic carbocycles. The highest BCUT2D eigenvalue weighted by Gasteiger charge is 2.37. The van der Waals surface area contributed by atoms with Gasteiger partial charge in [0.1, 0.15) is 11.9 Å². The van der Waals surface area contributed by atoms with E-state index in [1.807, 2.05) is 0 Å². The molecule has 1 heterocycles. The third-order valence-corrected chi connectivity index (χ3v) is 3.78. The van der Waals surface area contributed by atoms with Gasteiger partial charge >= 0.3 is 0 Å². The molecule has 1 aliphatic rings. The number of anilines is 1. The van der Waals surface area contributed by atoms with Gasteiger partial charge in [-0.15, -0.1) is 12.4 Å². The maximum Gasteiger partial charge on any atom is 0.249 e. The van der Waals surface area contributed by atoms with Crippen molar-refractivity contribution >= 4 is 29.9 Å². The van der Waals surface area contributed by atoms with Gasteiger partial charge in [-0.25, -0.2) is 4.39 Å². The molecule has 1 aliphatic heterocycles. The second-order valence-electron chi connectivity index (χ2n) is 5.14. The van der Waals surface area contributed by atoms with Gasteiger partial charge in [0.05, 0.1) is 5.69 Å². The lowest BCUT2D eigenvalue weighted by Gasteiger charge is -2.24. The quantitative estimate of drug-likeness (QED) is 0.891. The molecule has 0 radical (unpaired) electrons. The number of hydrogen-bond donors (Lipinski definition) is 1. The zero-order valence-corrected chi connectivity index (χ0v) is 13.3. The van der Waals surface area contributed by atoms with E-state index in [1.54, 1.807) is 25.2 Å². The summed E-state index contributed by atoms with van der Waals surface area (Å²) in [5, 5.41) is 0. The number of halogens is 2. The van der Waals surface area contributed by atoms with Gasteiger partial charge in [-0.05, 0) is 31.5 Å². The fraction of sp³-hybridized carbons (Fsp3) is 0.467. The van der Waals surface area contributed by atoms with Gasteiger partial charge in [-0.1, -0.05) is 12.1 Å². The molecule has 0 saturated carbocycles. The molecule has 2 amide bonds. The Morgan fingerprint density at radius 2 is 2.14 bits per heavy atom. The van der Waals surface area contributed by atoms with Gasteiger partial charge in [-0.3, -0.25) is 9.59 Å². The minimum Gasteiger partial charge on any atom is -0.334 e. The van der Waals surface area contributed by atoms with Gasteiger partial charge in [0.2, 0.25) is 11.8 Å². The van der Waals surface area contributed by atoms with Crippen LogP contribution in [0.2, 0.25) is 0 Å². The summed E-state index contributed by atoms with van der Waals surface area (Å²) < 4.78 is 13.8. The molecule has 22 heavy (non-hydrogen) atoms. The van der Waals surface area contributed by atoms with Crippen molar-refractivity contribution in [3.8, 4) is 0 Å². The average Bonchev–Trinajstić information content (AvgIpc) is 2.86. The predicted molar refractivity (Wildman–Crippen MR) is 85.5 cm³/mol. The summed E-state index contributed by atoms with van der Waals surface area (Å²) in [5.74, 6) is -0.763. The summed E-state index contributed by atoms with van der Waals surface area (Å²) >= 11 is 0. The van der Waals surface area contributed by atoms with E-state index in [-0.39, 0.29) is 29.9 Å². The van der Waals surface area contributed by atoms with Crippen molar-refractivity contribution in [1.82, 2.24) is 4.90 Å². The molecular formula is C15H21ClFN3O2. The second-order valence-corrected chi connectivity index (χ2v) is 5.14. The Kier molecular flexibility index (Phi) is 6.77. The topological polar surface area (TPSA) is 66.6 Å². The standard InChI is InChI=1S/C15H20FN3O2.ClH/c1-18(14(20)7-4-9-17)13-8-10-19(15(13)21)12-6-3-2-5-11(12)16;/h2-3,5-6,13H,4,7-10,17H2,1H3;1H. The summed E-state index contributed by atoms with van der Waals surface area (Å²) in [5.41, 5.74) is 5.66. The van der Waals surface area contributed by atoms with Crippen LogP contribution in [0.3, 0.4) is 0 Å². The number of para-hydroxylation sites is 1. The lowest BCUT2D eigenvalue weighted by molar-refractivity contribution is -0.136. The maximum atomic E-state index is 13.8. The Balaban J connectivity index is 0.00000242. The molecule has 1 aromatic carbocycles. The van der Waals surface area contributed by atoms with Crippen LogP contribution in [-0.2, 0) is 9.59 Å². The number of likely N-dealkylation sites (N-methyl/N-ethyl adjacent to an activating group) is 1. The van der Waals surface area contributed by atoms with Crippen molar-refractivity contribution in [3.63, 3.8) is 0 Å². The van der Waals surface area contributed by atoms with E-state index in [1.165, 1.54) is 15.9 Å². The number of amides is 2. The first-order valence-electron chi connectivity index (χ1n) is 7.08. The SMILES string of the molecule is CN(C(=O)CCCN)C1CCN(c2ccccc2F)C1=O.Cl. The lowest BCUT2D eigenvalue weighted by Crippen LogP contribution is -2.43. The van der Waals surface area contributed by atoms with Gasteiger partial charge < -0.3 is 15.5 Å². The van der Waals surface area contributed by atoms with Crippen LogP contribution in [0.15, 0.2) is 24.3 Å². The Morgan fingerprint density at radius 1 is 1.45 bits per heavy atom. The number of carbonyl (C=O) groups is 2. The molecule has 0 bridgehead atoms. The van der Waals surface area contributed by atoms with Crippen molar-refractivity contribution in [2.75, 3.05) is 25.0 Å². The molecule has 5 nitrogen and oxygen atoms in total. The highest BCUT2D eigenvalue weighted by molar-refractivity contribution is 6.01. The molecule has 0 aromatic heterocycles. The lowest BCUT2D eigenvalue weighted by atomic mass is 10.2. The summed E-state index contributed by atoms with van der Waals surface area (Å²) in [6.07, 6.45) is 1.44. The summed E-state index contributed by atoms with van der Waals surface area (Å²) in [6, 6.07) is 5.65. The normalized spacial score (nSPS) is 17.3. The largest absolute Gasteiger partial charge is 0.334 e. The number of benzene rings is 1. The highest BCUT2D eigenvalue weighted by atomic mass is 35.5. The van der Waals surface area contributed by atoms with Gasteiger partial charge in [0, 0.05) is 20.0 Å². The van der Waals surface area contributed by atoms with Crippen LogP contribution in [0.5, 0.6) is 0 Å². The van der Waals surface area contributed by atoms with Crippen LogP contribution in [0.1, 0.15) is 19.3 Å². The molecular weight excluding hydrogens is 309 g/mol. The zero-order chi connectivity index (χ0) is 15.4. The summed E-state index contributed by atoms with van der Waals surface area (Å²) in [4.78, 5) is 27.3. The Labute approximate surface area is 135 Å². The average molecular weight is 330 g/mol. The molecule has 2 N–H and O–H groups in total. The van der Waals surface area contributed by atoms with E-state index >= 15 is 0 Å². The zero-order valence-electron chi connectivity index (χ0n) is 12.5. The number of nitrogens with two attached hydrogens (primary N) is 1. The minimum atomic E-state index is -0.519. The maximum absolute atomic E-state index is 13.8. The first kappa shape index (κ1) is 18.4. The Hall–Kier alpha value is -1.66. The van der Waals surface area contributed by atoms with Crippen molar-refractivity contribution in [2.45, 2.75) is 25.3 Å². The van der Waals surface area contributed by atoms with Crippen LogP contribution in [0.4, 0.5) is 10.1 Å². The summed E-state index contributed by atoms with van der Waals surface area (Å²) in [6.45, 7) is 0.860. The first-order chi connectivity index (χ1) is 10.1. The fourth-order valence-corrected chi connectivity index (χ4v) is 2.54. The van der Waals surface area contributed by atoms with E-state index in [2.05, 4.69) is 0 Å². The van der Waals surface area contributed by atoms with Crippen LogP contribution in [0.25, 0.3) is 0 Å². The molecule has 1 aromatic rings. The highest BCUT2D eigenvalue weighted by Crippen LogP contribution is 2.26. The smallest absolute Gasteiger partial charge is 0.249 e. The first-order valence-corrected chi connectivity index (χ1v) is 7.08. The molecule has 1 unspecified atom stereocenters. The number of hydrogen-bond acceptors (Lipinski definition) is 3. The number of rotatable bonds is 5. The van der Waals surface area contributed by atoms with Crippen LogP contribution >= 0.6 is 12.4 Å². The molecule has 1 atom stereocenters.